The zero-order valence-corrected chi connectivity index (χ0v) is 10.8. The fourth-order valence-corrected chi connectivity index (χ4v) is 1.41. The Morgan fingerprint density at radius 3 is 2.47 bits per heavy atom. The molecule has 3 nitrogen and oxygen atoms in total. The molecule has 0 heterocycles. The van der Waals surface area contributed by atoms with E-state index >= 15 is 0 Å². The van der Waals surface area contributed by atoms with E-state index in [1.54, 1.807) is 0 Å². The topological polar surface area (TPSA) is 28.4 Å². The van der Waals surface area contributed by atoms with Gasteiger partial charge in [0, 0.05) is 12.1 Å². The van der Waals surface area contributed by atoms with E-state index in [2.05, 4.69) is 48.4 Å². The second-order valence-electron chi connectivity index (χ2n) is 4.78. The number of hydrogen-bond donors (Lipinski definition) is 2. The van der Waals surface area contributed by atoms with Crippen LogP contribution in [-0.2, 0) is 6.54 Å². The fraction of sp³-hybridized carbons (Fsp3) is 0.500. The van der Waals surface area contributed by atoms with E-state index in [4.69, 9.17) is 6.57 Å². The third-order valence-corrected chi connectivity index (χ3v) is 2.88. The molecule has 2 N–H and O–H groups in total. The van der Waals surface area contributed by atoms with Gasteiger partial charge in [0.15, 0.2) is 0 Å². The van der Waals surface area contributed by atoms with Crippen molar-refractivity contribution in [3.8, 4) is 0 Å². The summed E-state index contributed by atoms with van der Waals surface area (Å²) < 4.78 is 0. The van der Waals surface area contributed by atoms with E-state index < -0.39 is 0 Å². The van der Waals surface area contributed by atoms with Crippen LogP contribution in [0.5, 0.6) is 0 Å². The van der Waals surface area contributed by atoms with Crippen LogP contribution < -0.4 is 10.6 Å². The third kappa shape index (κ3) is 4.99. The number of benzene rings is 1. The molecule has 0 fully saturated rings. The van der Waals surface area contributed by atoms with Crippen LogP contribution in [0, 0.1) is 6.57 Å². The van der Waals surface area contributed by atoms with E-state index in [0.717, 1.165) is 6.42 Å². The van der Waals surface area contributed by atoms with Crippen LogP contribution in [-0.4, -0.2) is 11.8 Å². The van der Waals surface area contributed by atoms with Gasteiger partial charge in [-0.3, -0.25) is 4.85 Å². The van der Waals surface area contributed by atoms with Gasteiger partial charge in [-0.1, -0.05) is 37.3 Å². The van der Waals surface area contributed by atoms with Crippen LogP contribution in [0.1, 0.15) is 32.8 Å². The van der Waals surface area contributed by atoms with E-state index in [9.17, 15) is 0 Å². The lowest BCUT2D eigenvalue weighted by atomic mass is 10.0. The Balaban J connectivity index is 2.46. The van der Waals surface area contributed by atoms with Crippen LogP contribution in [0.4, 0.5) is 0 Å². The Hall–Kier alpha value is -1.37. The molecule has 0 aliphatic rings. The molecule has 0 saturated heterocycles. The molecule has 0 spiro atoms. The molecule has 1 atom stereocenters. The average molecular weight is 231 g/mol. The minimum absolute atomic E-state index is 0.0150. The normalized spacial score (nSPS) is 13.1. The van der Waals surface area contributed by atoms with E-state index in [-0.39, 0.29) is 11.8 Å². The summed E-state index contributed by atoms with van der Waals surface area (Å²) in [6, 6.07) is 10.1. The molecule has 0 saturated carbocycles. The van der Waals surface area contributed by atoms with Crippen molar-refractivity contribution in [3.05, 3.63) is 47.3 Å². The molecule has 17 heavy (non-hydrogen) atoms. The quantitative estimate of drug-likeness (QED) is 0.582. The number of nitrogens with one attached hydrogen (secondary N) is 2. The van der Waals surface area contributed by atoms with Crippen LogP contribution in [0.25, 0.3) is 4.85 Å². The van der Waals surface area contributed by atoms with E-state index in [0.29, 0.717) is 6.54 Å². The Kier molecular flexibility index (Phi) is 5.14. The van der Waals surface area contributed by atoms with Crippen molar-refractivity contribution in [2.24, 2.45) is 0 Å². The van der Waals surface area contributed by atoms with Gasteiger partial charge >= 0.3 is 6.29 Å². The van der Waals surface area contributed by atoms with Crippen molar-refractivity contribution in [1.82, 2.24) is 10.6 Å². The number of rotatable bonds is 6. The molecule has 3 heteroatoms. The molecule has 1 unspecified atom stereocenters. The standard InChI is InChI=1S/C14H21N3/c1-5-14(2,3)17-13(15-4)16-11-12-9-7-6-8-10-12/h6-10,13,16-17H,5,11H2,1-3H3. The molecular weight excluding hydrogens is 210 g/mol. The molecule has 0 radical (unpaired) electrons. The first-order valence-electron chi connectivity index (χ1n) is 5.99. The van der Waals surface area contributed by atoms with Gasteiger partial charge in [-0.25, -0.2) is 17.2 Å². The van der Waals surface area contributed by atoms with Crippen molar-refractivity contribution in [2.75, 3.05) is 0 Å². The SMILES string of the molecule is [C-]#[N+]C(NCc1ccccc1)NC(C)(C)CC. The molecule has 0 aliphatic carbocycles. The van der Waals surface area contributed by atoms with Gasteiger partial charge in [-0.2, -0.15) is 0 Å². The van der Waals surface area contributed by atoms with Gasteiger partial charge in [0.2, 0.25) is 0 Å². The lowest BCUT2D eigenvalue weighted by molar-refractivity contribution is 0.319. The van der Waals surface area contributed by atoms with E-state index in [1.807, 2.05) is 18.2 Å². The summed E-state index contributed by atoms with van der Waals surface area (Å²) in [5.74, 6) is 0. The summed E-state index contributed by atoms with van der Waals surface area (Å²) >= 11 is 0. The average Bonchev–Trinajstić information content (AvgIpc) is 2.35. The van der Waals surface area contributed by atoms with Crippen LogP contribution in [0.3, 0.4) is 0 Å². The zero-order chi connectivity index (χ0) is 12.7. The van der Waals surface area contributed by atoms with Gasteiger partial charge in [0.25, 0.3) is 0 Å². The maximum atomic E-state index is 7.18. The third-order valence-electron chi connectivity index (χ3n) is 2.88. The summed E-state index contributed by atoms with van der Waals surface area (Å²) in [5.41, 5.74) is 1.18. The maximum Gasteiger partial charge on any atom is 0.336 e. The summed E-state index contributed by atoms with van der Waals surface area (Å²) in [6.07, 6.45) is 0.664. The molecular formula is C14H21N3. The van der Waals surface area contributed by atoms with Crippen molar-refractivity contribution < 1.29 is 0 Å². The summed E-state index contributed by atoms with van der Waals surface area (Å²) in [4.78, 5) is 3.56. The van der Waals surface area contributed by atoms with Crippen molar-refractivity contribution >= 4 is 0 Å². The lowest BCUT2D eigenvalue weighted by Crippen LogP contribution is -2.50. The fourth-order valence-electron chi connectivity index (χ4n) is 1.41. The summed E-state index contributed by atoms with van der Waals surface area (Å²) in [7, 11) is 0. The minimum atomic E-state index is -0.329. The van der Waals surface area contributed by atoms with Gasteiger partial charge in [-0.15, -0.1) is 0 Å². The smallest absolute Gasteiger partial charge is 0.280 e. The first kappa shape index (κ1) is 13.7. The highest BCUT2D eigenvalue weighted by atomic mass is 15.3. The van der Waals surface area contributed by atoms with Gasteiger partial charge in [-0.05, 0) is 25.8 Å². The monoisotopic (exact) mass is 231 g/mol. The molecule has 92 valence electrons. The van der Waals surface area contributed by atoms with Crippen molar-refractivity contribution in [3.63, 3.8) is 0 Å². The molecule has 1 aromatic carbocycles. The van der Waals surface area contributed by atoms with Crippen LogP contribution in [0.2, 0.25) is 0 Å². The van der Waals surface area contributed by atoms with Gasteiger partial charge in [0.05, 0.1) is 0 Å². The first-order chi connectivity index (χ1) is 8.07. The molecule has 0 aromatic heterocycles. The second kappa shape index (κ2) is 6.39. The molecule has 0 aliphatic heterocycles. The van der Waals surface area contributed by atoms with Crippen molar-refractivity contribution in [1.29, 1.82) is 0 Å². The Morgan fingerprint density at radius 2 is 1.94 bits per heavy atom. The van der Waals surface area contributed by atoms with Gasteiger partial charge < -0.3 is 0 Å². The first-order valence-corrected chi connectivity index (χ1v) is 5.99. The van der Waals surface area contributed by atoms with Crippen LogP contribution >= 0.6 is 0 Å². The predicted molar refractivity (Wildman–Crippen MR) is 71.2 cm³/mol. The largest absolute Gasteiger partial charge is 0.336 e. The summed E-state index contributed by atoms with van der Waals surface area (Å²) in [6.45, 7) is 14.2. The maximum absolute atomic E-state index is 7.18. The molecule has 1 aromatic rings. The Labute approximate surface area is 104 Å². The predicted octanol–water partition coefficient (Wildman–Crippen LogP) is 2.76. The highest BCUT2D eigenvalue weighted by molar-refractivity contribution is 5.14. The molecule has 0 amide bonds. The van der Waals surface area contributed by atoms with Crippen LogP contribution in [0.15, 0.2) is 30.3 Å². The lowest BCUT2D eigenvalue weighted by Gasteiger charge is -2.25. The van der Waals surface area contributed by atoms with Crippen molar-refractivity contribution in [2.45, 2.75) is 45.6 Å². The second-order valence-corrected chi connectivity index (χ2v) is 4.78. The Bertz CT molecular complexity index is 365. The Morgan fingerprint density at radius 1 is 1.29 bits per heavy atom. The number of hydrogen-bond acceptors (Lipinski definition) is 2. The van der Waals surface area contributed by atoms with Gasteiger partial charge in [0.1, 0.15) is 0 Å². The zero-order valence-electron chi connectivity index (χ0n) is 10.8. The highest BCUT2D eigenvalue weighted by Crippen LogP contribution is 2.08. The highest BCUT2D eigenvalue weighted by Gasteiger charge is 2.22. The molecule has 1 rings (SSSR count). The number of nitrogens with zero attached hydrogens (tertiary/aromatic N) is 1. The summed E-state index contributed by atoms with van der Waals surface area (Å²) in [5, 5.41) is 6.51. The molecule has 0 bridgehead atoms. The minimum Gasteiger partial charge on any atom is -0.280 e. The van der Waals surface area contributed by atoms with E-state index in [1.165, 1.54) is 5.56 Å².